The second-order valence-electron chi connectivity index (χ2n) is 7.16. The lowest BCUT2D eigenvalue weighted by Crippen LogP contribution is -2.40. The van der Waals surface area contributed by atoms with Gasteiger partial charge in [0.05, 0.1) is 24.7 Å². The largest absolute Gasteiger partial charge is 0.467 e. The van der Waals surface area contributed by atoms with E-state index in [-0.39, 0.29) is 17.5 Å². The van der Waals surface area contributed by atoms with E-state index in [2.05, 4.69) is 16.9 Å². The van der Waals surface area contributed by atoms with Crippen molar-refractivity contribution in [3.63, 3.8) is 0 Å². The van der Waals surface area contributed by atoms with Gasteiger partial charge in [-0.1, -0.05) is 6.92 Å². The molecule has 7 heteroatoms. The summed E-state index contributed by atoms with van der Waals surface area (Å²) in [6, 6.07) is 3.60. The molecular weight excluding hydrogens is 344 g/mol. The van der Waals surface area contributed by atoms with E-state index in [0.717, 1.165) is 31.6 Å². The molecule has 144 valence electrons. The molecule has 0 aliphatic carbocycles. The van der Waals surface area contributed by atoms with Crippen LogP contribution in [-0.2, 0) is 11.3 Å². The zero-order valence-corrected chi connectivity index (χ0v) is 15.9. The second kappa shape index (κ2) is 8.79. The number of nitrogens with zero attached hydrogens (tertiary/aromatic N) is 4. The molecule has 0 spiro atoms. The van der Waals surface area contributed by atoms with E-state index in [1.165, 1.54) is 6.20 Å². The molecule has 2 amide bonds. The Morgan fingerprint density at radius 1 is 1.26 bits per heavy atom. The minimum absolute atomic E-state index is 0.0918. The number of likely N-dealkylation sites (tertiary alicyclic amines) is 1. The maximum atomic E-state index is 12.9. The van der Waals surface area contributed by atoms with Crippen LogP contribution in [0.25, 0.3) is 0 Å². The van der Waals surface area contributed by atoms with Crippen LogP contribution in [-0.4, -0.2) is 51.2 Å². The average molecular weight is 370 g/mol. The molecule has 0 atom stereocenters. The van der Waals surface area contributed by atoms with E-state index >= 15 is 0 Å². The van der Waals surface area contributed by atoms with Gasteiger partial charge in [0.2, 0.25) is 5.91 Å². The van der Waals surface area contributed by atoms with E-state index < -0.39 is 0 Å². The van der Waals surface area contributed by atoms with E-state index in [1.54, 1.807) is 23.4 Å². The van der Waals surface area contributed by atoms with Crippen molar-refractivity contribution >= 4 is 11.8 Å². The van der Waals surface area contributed by atoms with Crippen LogP contribution in [0.5, 0.6) is 0 Å². The van der Waals surface area contributed by atoms with Crippen LogP contribution in [0.4, 0.5) is 0 Å². The summed E-state index contributed by atoms with van der Waals surface area (Å²) < 4.78 is 5.38. The summed E-state index contributed by atoms with van der Waals surface area (Å²) in [6.07, 6.45) is 6.99. The molecule has 1 aliphatic heterocycles. The van der Waals surface area contributed by atoms with Gasteiger partial charge in [0, 0.05) is 32.3 Å². The number of hydrogen-bond donors (Lipinski definition) is 0. The maximum Gasteiger partial charge on any atom is 0.274 e. The summed E-state index contributed by atoms with van der Waals surface area (Å²) in [5, 5.41) is 0. The first-order valence-electron chi connectivity index (χ1n) is 9.41. The third-order valence-electron chi connectivity index (χ3n) is 4.95. The van der Waals surface area contributed by atoms with Crippen LogP contribution in [0.15, 0.2) is 35.2 Å². The molecular formula is C20H26N4O3. The van der Waals surface area contributed by atoms with Crippen molar-refractivity contribution in [3.8, 4) is 0 Å². The molecule has 2 aromatic rings. The van der Waals surface area contributed by atoms with Crippen LogP contribution < -0.4 is 0 Å². The third kappa shape index (κ3) is 5.15. The van der Waals surface area contributed by atoms with E-state index in [9.17, 15) is 9.59 Å². The topological polar surface area (TPSA) is 79.5 Å². The highest BCUT2D eigenvalue weighted by Crippen LogP contribution is 2.17. The van der Waals surface area contributed by atoms with Gasteiger partial charge < -0.3 is 14.2 Å². The third-order valence-corrected chi connectivity index (χ3v) is 4.95. The van der Waals surface area contributed by atoms with Crippen molar-refractivity contribution in [1.82, 2.24) is 19.8 Å². The van der Waals surface area contributed by atoms with E-state index in [4.69, 9.17) is 4.42 Å². The lowest BCUT2D eigenvalue weighted by atomic mass is 9.99. The van der Waals surface area contributed by atoms with E-state index in [1.807, 2.05) is 17.9 Å². The molecule has 3 rings (SSSR count). The Kier molecular flexibility index (Phi) is 6.21. The molecule has 0 bridgehead atoms. The summed E-state index contributed by atoms with van der Waals surface area (Å²) in [7, 11) is 0. The van der Waals surface area contributed by atoms with Crippen molar-refractivity contribution in [1.29, 1.82) is 0 Å². The summed E-state index contributed by atoms with van der Waals surface area (Å²) in [5.41, 5.74) is 1.02. The van der Waals surface area contributed by atoms with Crippen molar-refractivity contribution < 1.29 is 14.0 Å². The fourth-order valence-electron chi connectivity index (χ4n) is 3.15. The molecule has 1 saturated heterocycles. The second-order valence-corrected chi connectivity index (χ2v) is 7.16. The van der Waals surface area contributed by atoms with Gasteiger partial charge >= 0.3 is 0 Å². The Balaban J connectivity index is 1.65. The summed E-state index contributed by atoms with van der Waals surface area (Å²) in [4.78, 5) is 37.2. The van der Waals surface area contributed by atoms with Crippen molar-refractivity contribution in [2.24, 2.45) is 5.92 Å². The van der Waals surface area contributed by atoms with Gasteiger partial charge in [-0.3, -0.25) is 14.6 Å². The Hall–Kier alpha value is -2.70. The lowest BCUT2D eigenvalue weighted by molar-refractivity contribution is -0.132. The molecule has 0 unspecified atom stereocenters. The standard InChI is InChI=1S/C20H26N4O3/c1-15-5-8-23(9-6-15)19(25)7-10-24(14-17-4-3-11-27-17)20(26)18-13-21-16(2)12-22-18/h3-4,11-13,15H,5-10,14H2,1-2H3. The van der Waals surface area contributed by atoms with Crippen LogP contribution in [0, 0.1) is 12.8 Å². The monoisotopic (exact) mass is 370 g/mol. The molecule has 3 heterocycles. The van der Waals surface area contributed by atoms with Crippen molar-refractivity contribution in [3.05, 3.63) is 47.9 Å². The molecule has 0 radical (unpaired) electrons. The Bertz CT molecular complexity index is 750. The maximum absolute atomic E-state index is 12.9. The Labute approximate surface area is 159 Å². The number of aryl methyl sites for hydroxylation is 1. The molecule has 27 heavy (non-hydrogen) atoms. The highest BCUT2D eigenvalue weighted by atomic mass is 16.3. The molecule has 0 saturated carbocycles. The quantitative estimate of drug-likeness (QED) is 0.781. The minimum Gasteiger partial charge on any atom is -0.467 e. The first-order valence-corrected chi connectivity index (χ1v) is 9.41. The number of amides is 2. The molecule has 2 aromatic heterocycles. The molecule has 0 aromatic carbocycles. The number of piperidine rings is 1. The molecule has 1 aliphatic rings. The minimum atomic E-state index is -0.251. The smallest absolute Gasteiger partial charge is 0.274 e. The fraction of sp³-hybridized carbons (Fsp3) is 0.500. The van der Waals surface area contributed by atoms with Gasteiger partial charge in [-0.2, -0.15) is 0 Å². The number of rotatable bonds is 6. The number of carbonyl (C=O) groups is 2. The Morgan fingerprint density at radius 3 is 2.67 bits per heavy atom. The van der Waals surface area contributed by atoms with Crippen LogP contribution in [0.3, 0.4) is 0 Å². The van der Waals surface area contributed by atoms with Gasteiger partial charge in [-0.15, -0.1) is 0 Å². The Morgan fingerprint density at radius 2 is 2.04 bits per heavy atom. The summed E-state index contributed by atoms with van der Waals surface area (Å²) in [6.45, 7) is 6.25. The molecule has 0 N–H and O–H groups in total. The van der Waals surface area contributed by atoms with Crippen LogP contribution in [0.1, 0.15) is 48.1 Å². The number of carbonyl (C=O) groups excluding carboxylic acids is 2. The normalized spacial score (nSPS) is 15.0. The predicted molar refractivity (Wildman–Crippen MR) is 99.8 cm³/mol. The lowest BCUT2D eigenvalue weighted by Gasteiger charge is -2.31. The number of aromatic nitrogens is 2. The molecule has 7 nitrogen and oxygen atoms in total. The van der Waals surface area contributed by atoms with Crippen LogP contribution in [0.2, 0.25) is 0 Å². The first kappa shape index (κ1) is 19.1. The number of hydrogen-bond acceptors (Lipinski definition) is 5. The highest BCUT2D eigenvalue weighted by molar-refractivity contribution is 5.92. The van der Waals surface area contributed by atoms with Crippen molar-refractivity contribution in [2.45, 2.75) is 39.7 Å². The first-order chi connectivity index (χ1) is 13.0. The fourth-order valence-corrected chi connectivity index (χ4v) is 3.15. The number of furan rings is 1. The van der Waals surface area contributed by atoms with Crippen molar-refractivity contribution in [2.75, 3.05) is 19.6 Å². The highest BCUT2D eigenvalue weighted by Gasteiger charge is 2.23. The van der Waals surface area contributed by atoms with Gasteiger partial charge in [0.25, 0.3) is 5.91 Å². The zero-order valence-electron chi connectivity index (χ0n) is 15.9. The molecule has 1 fully saturated rings. The zero-order chi connectivity index (χ0) is 19.2. The van der Waals surface area contributed by atoms with Gasteiger partial charge in [0.15, 0.2) is 0 Å². The predicted octanol–water partition coefficient (Wildman–Crippen LogP) is 2.67. The summed E-state index contributed by atoms with van der Waals surface area (Å²) >= 11 is 0. The average Bonchev–Trinajstić information content (AvgIpc) is 3.18. The van der Waals surface area contributed by atoms with Gasteiger partial charge in [0.1, 0.15) is 11.5 Å². The van der Waals surface area contributed by atoms with Gasteiger partial charge in [-0.05, 0) is 37.8 Å². The van der Waals surface area contributed by atoms with Crippen LogP contribution >= 0.6 is 0 Å². The van der Waals surface area contributed by atoms with E-state index in [0.29, 0.717) is 31.2 Å². The SMILES string of the molecule is Cc1cnc(C(=O)N(CCC(=O)N2CCC(C)CC2)Cc2ccco2)cn1. The van der Waals surface area contributed by atoms with Gasteiger partial charge in [-0.25, -0.2) is 4.98 Å². The summed E-state index contributed by atoms with van der Waals surface area (Å²) in [5.74, 6) is 1.18.